The Kier molecular flexibility index (Phi) is 7.17. The van der Waals surface area contributed by atoms with Crippen LogP contribution in [0.2, 0.25) is 0 Å². The second-order valence-corrected chi connectivity index (χ2v) is 7.20. The van der Waals surface area contributed by atoms with Gasteiger partial charge in [-0.1, -0.05) is 6.07 Å². The summed E-state index contributed by atoms with van der Waals surface area (Å²) in [6.07, 6.45) is 0. The standard InChI is InChI=1S/C25H25NO7/c1-15-13-20(16(2)26(15)18-11-9-17(10-12-18)24(28)32-5)21(27)14-33-25(29)19-7-6-8-22(30-3)23(19)31-4/h6-13H,14H2,1-5H3. The van der Waals surface area contributed by atoms with Gasteiger partial charge in [0.1, 0.15) is 5.56 Å². The predicted molar refractivity (Wildman–Crippen MR) is 121 cm³/mol. The molecule has 1 heterocycles. The molecule has 0 N–H and O–H groups in total. The number of carbonyl (C=O) groups is 3. The first kappa shape index (κ1) is 23.6. The number of rotatable bonds is 8. The maximum absolute atomic E-state index is 12.9. The number of esters is 2. The fourth-order valence-electron chi connectivity index (χ4n) is 3.64. The average Bonchev–Trinajstić information content (AvgIpc) is 3.14. The third-order valence-electron chi connectivity index (χ3n) is 5.24. The Morgan fingerprint density at radius 3 is 2.15 bits per heavy atom. The molecule has 0 bridgehead atoms. The van der Waals surface area contributed by atoms with Crippen LogP contribution in [0.25, 0.3) is 5.69 Å². The summed E-state index contributed by atoms with van der Waals surface area (Å²) in [5, 5.41) is 0. The van der Waals surface area contributed by atoms with Gasteiger partial charge in [0.2, 0.25) is 5.78 Å². The lowest BCUT2D eigenvalue weighted by Crippen LogP contribution is -2.16. The van der Waals surface area contributed by atoms with E-state index in [9.17, 15) is 14.4 Å². The van der Waals surface area contributed by atoms with Gasteiger partial charge >= 0.3 is 11.9 Å². The van der Waals surface area contributed by atoms with E-state index in [0.717, 1.165) is 11.4 Å². The second-order valence-electron chi connectivity index (χ2n) is 7.20. The van der Waals surface area contributed by atoms with Crippen LogP contribution < -0.4 is 9.47 Å². The second kappa shape index (κ2) is 10.0. The number of aryl methyl sites for hydroxylation is 1. The molecule has 0 amide bonds. The van der Waals surface area contributed by atoms with Crippen LogP contribution in [0, 0.1) is 13.8 Å². The van der Waals surface area contributed by atoms with E-state index < -0.39 is 18.5 Å². The highest BCUT2D eigenvalue weighted by Crippen LogP contribution is 2.31. The number of benzene rings is 2. The van der Waals surface area contributed by atoms with Gasteiger partial charge in [-0.15, -0.1) is 0 Å². The molecule has 0 fully saturated rings. The first-order chi connectivity index (χ1) is 15.8. The number of carbonyl (C=O) groups excluding carboxylic acids is 3. The van der Waals surface area contributed by atoms with Gasteiger partial charge in [0.15, 0.2) is 18.1 Å². The van der Waals surface area contributed by atoms with Crippen LogP contribution in [-0.2, 0) is 9.47 Å². The minimum absolute atomic E-state index is 0.167. The summed E-state index contributed by atoms with van der Waals surface area (Å²) in [6.45, 7) is 3.25. The zero-order valence-electron chi connectivity index (χ0n) is 19.1. The molecule has 8 heteroatoms. The van der Waals surface area contributed by atoms with Gasteiger partial charge in [-0.25, -0.2) is 9.59 Å². The van der Waals surface area contributed by atoms with E-state index in [4.69, 9.17) is 18.9 Å². The van der Waals surface area contributed by atoms with Crippen molar-refractivity contribution in [1.82, 2.24) is 4.57 Å². The highest BCUT2D eigenvalue weighted by molar-refractivity contribution is 6.01. The summed E-state index contributed by atoms with van der Waals surface area (Å²) in [7, 11) is 4.22. The Balaban J connectivity index is 1.78. The normalized spacial score (nSPS) is 10.5. The average molecular weight is 451 g/mol. The minimum atomic E-state index is -0.689. The molecule has 0 aliphatic rings. The van der Waals surface area contributed by atoms with E-state index in [1.807, 2.05) is 11.5 Å². The lowest BCUT2D eigenvalue weighted by Gasteiger charge is -2.12. The molecule has 0 saturated carbocycles. The number of ketones is 1. The van der Waals surface area contributed by atoms with Gasteiger partial charge in [0, 0.05) is 22.6 Å². The van der Waals surface area contributed by atoms with E-state index >= 15 is 0 Å². The molecule has 0 aliphatic heterocycles. The van der Waals surface area contributed by atoms with Gasteiger partial charge in [-0.2, -0.15) is 0 Å². The van der Waals surface area contributed by atoms with Gasteiger partial charge in [0.05, 0.1) is 26.9 Å². The fourth-order valence-corrected chi connectivity index (χ4v) is 3.64. The van der Waals surface area contributed by atoms with E-state index in [1.165, 1.54) is 27.4 Å². The summed E-state index contributed by atoms with van der Waals surface area (Å²) < 4.78 is 22.3. The molecule has 1 aromatic heterocycles. The van der Waals surface area contributed by atoms with Crippen LogP contribution in [0.15, 0.2) is 48.5 Å². The monoisotopic (exact) mass is 451 g/mol. The third kappa shape index (κ3) is 4.74. The molecule has 3 aromatic rings. The third-order valence-corrected chi connectivity index (χ3v) is 5.24. The lowest BCUT2D eigenvalue weighted by molar-refractivity contribution is 0.0470. The molecule has 0 aliphatic carbocycles. The lowest BCUT2D eigenvalue weighted by atomic mass is 10.1. The molecular formula is C25H25NO7. The van der Waals surface area contributed by atoms with Crippen molar-refractivity contribution in [3.63, 3.8) is 0 Å². The molecule has 0 radical (unpaired) electrons. The fraction of sp³-hybridized carbons (Fsp3) is 0.240. The first-order valence-electron chi connectivity index (χ1n) is 10.1. The molecule has 172 valence electrons. The number of hydrogen-bond acceptors (Lipinski definition) is 7. The first-order valence-corrected chi connectivity index (χ1v) is 10.1. The van der Waals surface area contributed by atoms with Crippen LogP contribution in [0.3, 0.4) is 0 Å². The highest BCUT2D eigenvalue weighted by atomic mass is 16.5. The van der Waals surface area contributed by atoms with E-state index in [1.54, 1.807) is 49.4 Å². The van der Waals surface area contributed by atoms with Crippen molar-refractivity contribution < 1.29 is 33.3 Å². The Hall–Kier alpha value is -4.07. The van der Waals surface area contributed by atoms with Crippen molar-refractivity contribution in [2.24, 2.45) is 0 Å². The number of para-hydroxylation sites is 1. The molecule has 0 atom stereocenters. The molecule has 0 unspecified atom stereocenters. The molecule has 3 rings (SSSR count). The Labute approximate surface area is 191 Å². The predicted octanol–water partition coefficient (Wildman–Crippen LogP) is 3.94. The molecule has 8 nitrogen and oxygen atoms in total. The van der Waals surface area contributed by atoms with E-state index in [2.05, 4.69) is 0 Å². The summed E-state index contributed by atoms with van der Waals surface area (Å²) in [5.74, 6) is -0.819. The zero-order valence-corrected chi connectivity index (χ0v) is 19.1. The van der Waals surface area contributed by atoms with Crippen molar-refractivity contribution in [3.8, 4) is 17.2 Å². The molecule has 2 aromatic carbocycles. The Bertz CT molecular complexity index is 1190. The van der Waals surface area contributed by atoms with Crippen LogP contribution in [-0.4, -0.2) is 50.2 Å². The van der Waals surface area contributed by atoms with Crippen molar-refractivity contribution in [1.29, 1.82) is 0 Å². The molecular weight excluding hydrogens is 426 g/mol. The number of Topliss-reactive ketones (excluding diaryl/α,β-unsaturated/α-hetero) is 1. The van der Waals surface area contributed by atoms with Gasteiger partial charge in [0.25, 0.3) is 0 Å². The number of methoxy groups -OCH3 is 3. The summed E-state index contributed by atoms with van der Waals surface area (Å²) in [6, 6.07) is 13.4. The van der Waals surface area contributed by atoms with Crippen LogP contribution >= 0.6 is 0 Å². The number of ether oxygens (including phenoxy) is 4. The largest absolute Gasteiger partial charge is 0.493 e. The maximum Gasteiger partial charge on any atom is 0.342 e. The molecule has 0 saturated heterocycles. The Morgan fingerprint density at radius 2 is 1.55 bits per heavy atom. The van der Waals surface area contributed by atoms with E-state index in [0.29, 0.717) is 22.6 Å². The van der Waals surface area contributed by atoms with Crippen LogP contribution in [0.1, 0.15) is 42.5 Å². The summed E-state index contributed by atoms with van der Waals surface area (Å²) in [4.78, 5) is 37.1. The number of hydrogen-bond donors (Lipinski definition) is 0. The quantitative estimate of drug-likeness (QED) is 0.378. The zero-order chi connectivity index (χ0) is 24.1. The maximum atomic E-state index is 12.9. The van der Waals surface area contributed by atoms with Gasteiger partial charge in [-0.3, -0.25) is 4.79 Å². The van der Waals surface area contributed by atoms with Gasteiger partial charge in [-0.05, 0) is 56.3 Å². The molecule has 0 spiro atoms. The van der Waals surface area contributed by atoms with Gasteiger partial charge < -0.3 is 23.5 Å². The van der Waals surface area contributed by atoms with Crippen molar-refractivity contribution in [2.45, 2.75) is 13.8 Å². The highest BCUT2D eigenvalue weighted by Gasteiger charge is 2.21. The van der Waals surface area contributed by atoms with Crippen LogP contribution in [0.5, 0.6) is 11.5 Å². The van der Waals surface area contributed by atoms with E-state index in [-0.39, 0.29) is 17.1 Å². The minimum Gasteiger partial charge on any atom is -0.493 e. The SMILES string of the molecule is COC(=O)c1ccc(-n2c(C)cc(C(=O)COC(=O)c3cccc(OC)c3OC)c2C)cc1. The summed E-state index contributed by atoms with van der Waals surface area (Å²) >= 11 is 0. The summed E-state index contributed by atoms with van der Waals surface area (Å²) in [5.41, 5.74) is 3.34. The molecule has 33 heavy (non-hydrogen) atoms. The van der Waals surface area contributed by atoms with Crippen molar-refractivity contribution in [3.05, 3.63) is 76.6 Å². The topological polar surface area (TPSA) is 93.1 Å². The Morgan fingerprint density at radius 1 is 0.848 bits per heavy atom. The van der Waals surface area contributed by atoms with Crippen molar-refractivity contribution >= 4 is 17.7 Å². The van der Waals surface area contributed by atoms with Crippen molar-refractivity contribution in [2.75, 3.05) is 27.9 Å². The number of aromatic nitrogens is 1. The smallest absolute Gasteiger partial charge is 0.342 e. The number of nitrogens with zero attached hydrogens (tertiary/aromatic N) is 1. The van der Waals surface area contributed by atoms with Crippen LogP contribution in [0.4, 0.5) is 0 Å².